The van der Waals surface area contributed by atoms with Crippen LogP contribution in [0.2, 0.25) is 0 Å². The number of hydrogen-bond acceptors (Lipinski definition) is 3. The molecule has 0 radical (unpaired) electrons. The maximum Gasteiger partial charge on any atom is 0.335 e. The van der Waals surface area contributed by atoms with Crippen molar-refractivity contribution in [2.75, 3.05) is 12.4 Å². The summed E-state index contributed by atoms with van der Waals surface area (Å²) in [5.41, 5.74) is 4.08. The molecule has 2 aromatic carbocycles. The molecular weight excluding hydrogens is 254 g/mol. The molecule has 0 atom stereocenters. The molecule has 0 aliphatic heterocycles. The summed E-state index contributed by atoms with van der Waals surface area (Å²) in [6.45, 7) is 2.41. The quantitative estimate of drug-likeness (QED) is 0.872. The first kappa shape index (κ1) is 14.1. The van der Waals surface area contributed by atoms with Gasteiger partial charge in [0.25, 0.3) is 0 Å². The van der Waals surface area contributed by atoms with Crippen LogP contribution in [0.15, 0.2) is 42.5 Å². The molecule has 2 aromatic rings. The Morgan fingerprint density at radius 3 is 2.60 bits per heavy atom. The van der Waals surface area contributed by atoms with Gasteiger partial charge in [-0.15, -0.1) is 0 Å². The topological polar surface area (TPSA) is 58.6 Å². The van der Waals surface area contributed by atoms with E-state index in [1.165, 1.54) is 0 Å². The van der Waals surface area contributed by atoms with Crippen LogP contribution in [-0.4, -0.2) is 18.2 Å². The molecule has 0 unspecified atom stereocenters. The van der Waals surface area contributed by atoms with Crippen LogP contribution >= 0.6 is 0 Å². The zero-order valence-corrected chi connectivity index (χ0v) is 11.5. The molecule has 2 N–H and O–H groups in total. The number of ether oxygens (including phenoxy) is 1. The van der Waals surface area contributed by atoms with E-state index < -0.39 is 5.97 Å². The Morgan fingerprint density at radius 2 is 1.95 bits per heavy atom. The Labute approximate surface area is 118 Å². The summed E-state index contributed by atoms with van der Waals surface area (Å²) in [4.78, 5) is 10.9. The van der Waals surface area contributed by atoms with E-state index in [-0.39, 0.29) is 0 Å². The SMILES string of the molecule is COCc1ccccc1Nc1ccc(C(=O)O)cc1C. The van der Waals surface area contributed by atoms with Gasteiger partial charge in [-0.05, 0) is 36.8 Å². The van der Waals surface area contributed by atoms with Gasteiger partial charge in [0.05, 0.1) is 12.2 Å². The Balaban J connectivity index is 2.28. The number of carbonyl (C=O) groups is 1. The molecule has 4 nitrogen and oxygen atoms in total. The van der Waals surface area contributed by atoms with Gasteiger partial charge in [-0.2, -0.15) is 0 Å². The third-order valence-corrected chi connectivity index (χ3v) is 3.06. The number of benzene rings is 2. The third-order valence-electron chi connectivity index (χ3n) is 3.06. The molecule has 0 amide bonds. The zero-order valence-electron chi connectivity index (χ0n) is 11.5. The predicted molar refractivity (Wildman–Crippen MR) is 78.6 cm³/mol. The number of anilines is 2. The Hall–Kier alpha value is -2.33. The summed E-state index contributed by atoms with van der Waals surface area (Å²) < 4.78 is 5.17. The second-order valence-electron chi connectivity index (χ2n) is 4.55. The zero-order chi connectivity index (χ0) is 14.5. The van der Waals surface area contributed by atoms with Crippen LogP contribution < -0.4 is 5.32 Å². The van der Waals surface area contributed by atoms with E-state index in [9.17, 15) is 4.79 Å². The van der Waals surface area contributed by atoms with Crippen molar-refractivity contribution in [1.29, 1.82) is 0 Å². The lowest BCUT2D eigenvalue weighted by Crippen LogP contribution is -2.01. The van der Waals surface area contributed by atoms with Crippen LogP contribution in [0.4, 0.5) is 11.4 Å². The van der Waals surface area contributed by atoms with Gasteiger partial charge in [-0.1, -0.05) is 18.2 Å². The minimum atomic E-state index is -0.917. The van der Waals surface area contributed by atoms with Crippen molar-refractivity contribution in [2.45, 2.75) is 13.5 Å². The van der Waals surface area contributed by atoms with E-state index in [0.717, 1.165) is 22.5 Å². The van der Waals surface area contributed by atoms with Crippen molar-refractivity contribution in [3.8, 4) is 0 Å². The number of rotatable bonds is 5. The Kier molecular flexibility index (Phi) is 4.38. The Morgan fingerprint density at radius 1 is 1.20 bits per heavy atom. The smallest absolute Gasteiger partial charge is 0.335 e. The normalized spacial score (nSPS) is 10.3. The summed E-state index contributed by atoms with van der Waals surface area (Å²) >= 11 is 0. The number of nitrogens with one attached hydrogen (secondary N) is 1. The number of carboxylic acids is 1. The molecule has 0 bridgehead atoms. The second-order valence-corrected chi connectivity index (χ2v) is 4.55. The van der Waals surface area contributed by atoms with E-state index in [4.69, 9.17) is 9.84 Å². The van der Waals surface area contributed by atoms with E-state index in [1.807, 2.05) is 31.2 Å². The lowest BCUT2D eigenvalue weighted by atomic mass is 10.1. The first-order valence-corrected chi connectivity index (χ1v) is 6.29. The summed E-state index contributed by atoms with van der Waals surface area (Å²) in [5, 5.41) is 12.3. The number of hydrogen-bond donors (Lipinski definition) is 2. The highest BCUT2D eigenvalue weighted by Gasteiger charge is 2.07. The fraction of sp³-hybridized carbons (Fsp3) is 0.188. The maximum absolute atomic E-state index is 10.9. The van der Waals surface area contributed by atoms with E-state index in [1.54, 1.807) is 25.3 Å². The molecule has 0 saturated heterocycles. The van der Waals surface area contributed by atoms with E-state index in [0.29, 0.717) is 12.2 Å². The van der Waals surface area contributed by atoms with Crippen molar-refractivity contribution >= 4 is 17.3 Å². The van der Waals surface area contributed by atoms with Gasteiger partial charge in [-0.25, -0.2) is 4.79 Å². The van der Waals surface area contributed by atoms with Gasteiger partial charge in [-0.3, -0.25) is 0 Å². The largest absolute Gasteiger partial charge is 0.478 e. The predicted octanol–water partition coefficient (Wildman–Crippen LogP) is 3.58. The van der Waals surface area contributed by atoms with Crippen LogP contribution in [0.3, 0.4) is 0 Å². The van der Waals surface area contributed by atoms with Crippen LogP contribution in [0.25, 0.3) is 0 Å². The van der Waals surface area contributed by atoms with Gasteiger partial charge in [0.2, 0.25) is 0 Å². The highest BCUT2D eigenvalue weighted by atomic mass is 16.5. The van der Waals surface area contributed by atoms with Crippen LogP contribution in [-0.2, 0) is 11.3 Å². The van der Waals surface area contributed by atoms with Gasteiger partial charge < -0.3 is 15.2 Å². The van der Waals surface area contributed by atoms with Crippen LogP contribution in [0, 0.1) is 6.92 Å². The number of aromatic carboxylic acids is 1. The lowest BCUT2D eigenvalue weighted by molar-refractivity contribution is 0.0697. The standard InChI is InChI=1S/C16H17NO3/c1-11-9-12(16(18)19)7-8-14(11)17-15-6-4-3-5-13(15)10-20-2/h3-9,17H,10H2,1-2H3,(H,18,19). The molecule has 0 spiro atoms. The Bertz CT molecular complexity index is 623. The monoisotopic (exact) mass is 271 g/mol. The first-order valence-electron chi connectivity index (χ1n) is 6.29. The van der Waals surface area contributed by atoms with E-state index in [2.05, 4.69) is 5.32 Å². The minimum absolute atomic E-state index is 0.290. The molecule has 4 heteroatoms. The van der Waals surface area contributed by atoms with Crippen molar-refractivity contribution in [3.05, 3.63) is 59.2 Å². The highest BCUT2D eigenvalue weighted by molar-refractivity contribution is 5.88. The van der Waals surface area contributed by atoms with Crippen molar-refractivity contribution in [1.82, 2.24) is 0 Å². The fourth-order valence-electron chi connectivity index (χ4n) is 2.01. The molecule has 2 rings (SSSR count). The summed E-state index contributed by atoms with van der Waals surface area (Å²) in [6, 6.07) is 12.9. The van der Waals surface area contributed by atoms with Gasteiger partial charge >= 0.3 is 5.97 Å². The maximum atomic E-state index is 10.9. The lowest BCUT2D eigenvalue weighted by Gasteiger charge is -2.14. The summed E-state index contributed by atoms with van der Waals surface area (Å²) in [5.74, 6) is -0.917. The average molecular weight is 271 g/mol. The number of aryl methyl sites for hydroxylation is 1. The van der Waals surface area contributed by atoms with Crippen molar-refractivity contribution in [3.63, 3.8) is 0 Å². The van der Waals surface area contributed by atoms with E-state index >= 15 is 0 Å². The molecular formula is C16H17NO3. The number of para-hydroxylation sites is 1. The highest BCUT2D eigenvalue weighted by Crippen LogP contribution is 2.24. The fourth-order valence-corrected chi connectivity index (χ4v) is 2.01. The van der Waals surface area contributed by atoms with Crippen LogP contribution in [0.1, 0.15) is 21.5 Å². The molecule has 0 aliphatic rings. The molecule has 0 fully saturated rings. The molecule has 20 heavy (non-hydrogen) atoms. The summed E-state index contributed by atoms with van der Waals surface area (Å²) in [6.07, 6.45) is 0. The van der Waals surface area contributed by atoms with Crippen LogP contribution in [0.5, 0.6) is 0 Å². The van der Waals surface area contributed by atoms with Gasteiger partial charge in [0.1, 0.15) is 0 Å². The number of methoxy groups -OCH3 is 1. The van der Waals surface area contributed by atoms with Crippen molar-refractivity contribution < 1.29 is 14.6 Å². The molecule has 0 saturated carbocycles. The minimum Gasteiger partial charge on any atom is -0.478 e. The molecule has 0 aliphatic carbocycles. The number of carboxylic acid groups (broad SMARTS) is 1. The average Bonchev–Trinajstić information content (AvgIpc) is 2.43. The third kappa shape index (κ3) is 3.16. The molecule has 104 valence electrons. The second kappa shape index (κ2) is 6.21. The summed E-state index contributed by atoms with van der Waals surface area (Å²) in [7, 11) is 1.66. The molecule has 0 heterocycles. The van der Waals surface area contributed by atoms with Gasteiger partial charge in [0.15, 0.2) is 0 Å². The molecule has 0 aromatic heterocycles. The van der Waals surface area contributed by atoms with Crippen molar-refractivity contribution in [2.24, 2.45) is 0 Å². The van der Waals surface area contributed by atoms with Gasteiger partial charge in [0, 0.05) is 24.0 Å². The first-order chi connectivity index (χ1) is 9.61.